The van der Waals surface area contributed by atoms with Crippen molar-refractivity contribution in [3.8, 4) is 17.4 Å². The summed E-state index contributed by atoms with van der Waals surface area (Å²) in [5.74, 6) is 2.93. The van der Waals surface area contributed by atoms with E-state index in [1.54, 1.807) is 27.5 Å². The maximum Gasteiger partial charge on any atom is 0.212 e. The van der Waals surface area contributed by atoms with Gasteiger partial charge in [0.05, 0.1) is 20.8 Å². The molecule has 0 aliphatic rings. The van der Waals surface area contributed by atoms with Gasteiger partial charge < -0.3 is 24.8 Å². The summed E-state index contributed by atoms with van der Waals surface area (Å²) in [5.41, 5.74) is 2.28. The van der Waals surface area contributed by atoms with Crippen LogP contribution in [0.25, 0.3) is 0 Å². The number of pyridine rings is 1. The third kappa shape index (κ3) is 6.64. The van der Waals surface area contributed by atoms with Crippen LogP contribution in [0.5, 0.6) is 17.4 Å². The Kier molecular flexibility index (Phi) is 8.91. The molecular formula is C21H30N4O3. The number of nitrogens with zero attached hydrogens (tertiary/aromatic N) is 2. The van der Waals surface area contributed by atoms with Crippen molar-refractivity contribution in [2.75, 3.05) is 34.4 Å². The van der Waals surface area contributed by atoms with E-state index >= 15 is 0 Å². The van der Waals surface area contributed by atoms with E-state index in [2.05, 4.69) is 26.7 Å². The highest BCUT2D eigenvalue weighted by atomic mass is 16.5. The van der Waals surface area contributed by atoms with Gasteiger partial charge in [0, 0.05) is 32.4 Å². The number of aliphatic imine (C=N–C) groups is 1. The van der Waals surface area contributed by atoms with Gasteiger partial charge in [0.25, 0.3) is 0 Å². The predicted octanol–water partition coefficient (Wildman–Crippen LogP) is 2.80. The number of methoxy groups -OCH3 is 2. The molecule has 0 bridgehead atoms. The second kappa shape index (κ2) is 11.7. The van der Waals surface area contributed by atoms with Gasteiger partial charge in [-0.15, -0.1) is 0 Å². The second-order valence-corrected chi connectivity index (χ2v) is 6.08. The first-order chi connectivity index (χ1) is 13.7. The zero-order valence-electron chi connectivity index (χ0n) is 17.1. The van der Waals surface area contributed by atoms with E-state index in [0.717, 1.165) is 42.4 Å². The van der Waals surface area contributed by atoms with E-state index < -0.39 is 0 Å². The van der Waals surface area contributed by atoms with Gasteiger partial charge in [-0.1, -0.05) is 12.1 Å². The minimum absolute atomic E-state index is 0.609. The molecule has 0 amide bonds. The lowest BCUT2D eigenvalue weighted by molar-refractivity contribution is 0.310. The number of aromatic nitrogens is 1. The Morgan fingerprint density at radius 2 is 1.86 bits per heavy atom. The summed E-state index contributed by atoms with van der Waals surface area (Å²) < 4.78 is 16.0. The molecule has 1 aromatic carbocycles. The van der Waals surface area contributed by atoms with Crippen LogP contribution in [0.2, 0.25) is 0 Å². The summed E-state index contributed by atoms with van der Waals surface area (Å²) in [7, 11) is 5.02. The molecule has 28 heavy (non-hydrogen) atoms. The van der Waals surface area contributed by atoms with E-state index in [0.29, 0.717) is 19.0 Å². The van der Waals surface area contributed by atoms with Crippen molar-refractivity contribution < 1.29 is 14.2 Å². The molecule has 0 fully saturated rings. The molecule has 0 aliphatic heterocycles. The standard InChI is InChI=1S/C21H30N4O3/c1-5-28-19-13-16(8-10-18(19)26-3)7-6-12-23-21(22-2)25-15-17-9-11-20(27-4)24-14-17/h8-11,13-14H,5-7,12,15H2,1-4H3,(H2,22,23,25). The Morgan fingerprint density at radius 3 is 2.50 bits per heavy atom. The highest BCUT2D eigenvalue weighted by molar-refractivity contribution is 5.79. The van der Waals surface area contributed by atoms with Crippen molar-refractivity contribution in [3.05, 3.63) is 47.7 Å². The summed E-state index contributed by atoms with van der Waals surface area (Å²) >= 11 is 0. The van der Waals surface area contributed by atoms with Gasteiger partial charge in [-0.2, -0.15) is 0 Å². The average molecular weight is 386 g/mol. The second-order valence-electron chi connectivity index (χ2n) is 6.08. The van der Waals surface area contributed by atoms with Gasteiger partial charge in [-0.25, -0.2) is 4.98 Å². The zero-order chi connectivity index (χ0) is 20.2. The van der Waals surface area contributed by atoms with Crippen molar-refractivity contribution in [3.63, 3.8) is 0 Å². The van der Waals surface area contributed by atoms with Crippen LogP contribution in [0, 0.1) is 0 Å². The minimum atomic E-state index is 0.609. The van der Waals surface area contributed by atoms with E-state index in [1.165, 1.54) is 5.56 Å². The maximum atomic E-state index is 5.64. The SMILES string of the molecule is CCOc1cc(CCCNC(=NC)NCc2ccc(OC)nc2)ccc1OC. The molecule has 1 heterocycles. The van der Waals surface area contributed by atoms with Gasteiger partial charge in [-0.3, -0.25) is 4.99 Å². The van der Waals surface area contributed by atoms with Crippen LogP contribution in [0.3, 0.4) is 0 Å². The largest absolute Gasteiger partial charge is 0.493 e. The molecule has 0 aliphatic carbocycles. The normalized spacial score (nSPS) is 11.1. The number of rotatable bonds is 10. The monoisotopic (exact) mass is 386 g/mol. The molecule has 0 spiro atoms. The lowest BCUT2D eigenvalue weighted by Gasteiger charge is -2.13. The van der Waals surface area contributed by atoms with Gasteiger partial charge in [-0.05, 0) is 43.0 Å². The summed E-state index contributed by atoms with van der Waals surface area (Å²) in [6.45, 7) is 4.05. The lowest BCUT2D eigenvalue weighted by atomic mass is 10.1. The Hall–Kier alpha value is -2.96. The molecule has 0 saturated carbocycles. The number of ether oxygens (including phenoxy) is 3. The van der Waals surface area contributed by atoms with E-state index in [4.69, 9.17) is 14.2 Å². The van der Waals surface area contributed by atoms with Gasteiger partial charge >= 0.3 is 0 Å². The van der Waals surface area contributed by atoms with Crippen molar-refractivity contribution in [2.45, 2.75) is 26.3 Å². The van der Waals surface area contributed by atoms with Crippen LogP contribution in [-0.4, -0.2) is 45.4 Å². The maximum absolute atomic E-state index is 5.64. The number of guanidine groups is 1. The Bertz CT molecular complexity index is 748. The Morgan fingerprint density at radius 1 is 1.04 bits per heavy atom. The van der Waals surface area contributed by atoms with Crippen LogP contribution >= 0.6 is 0 Å². The van der Waals surface area contributed by atoms with Crippen LogP contribution in [0.4, 0.5) is 0 Å². The number of aryl methyl sites for hydroxylation is 1. The number of nitrogens with one attached hydrogen (secondary N) is 2. The summed E-state index contributed by atoms with van der Waals surface area (Å²) in [4.78, 5) is 8.46. The smallest absolute Gasteiger partial charge is 0.212 e. The molecule has 152 valence electrons. The molecule has 0 radical (unpaired) electrons. The third-order valence-electron chi connectivity index (χ3n) is 4.15. The predicted molar refractivity (Wildman–Crippen MR) is 111 cm³/mol. The summed E-state index contributed by atoms with van der Waals surface area (Å²) in [6, 6.07) is 9.90. The summed E-state index contributed by atoms with van der Waals surface area (Å²) in [5, 5.41) is 6.62. The van der Waals surface area contributed by atoms with Gasteiger partial charge in [0.2, 0.25) is 5.88 Å². The Labute approximate surface area is 167 Å². The van der Waals surface area contributed by atoms with Gasteiger partial charge in [0.15, 0.2) is 17.5 Å². The first kappa shape index (κ1) is 21.3. The average Bonchev–Trinajstić information content (AvgIpc) is 2.74. The van der Waals surface area contributed by atoms with E-state index in [1.807, 2.05) is 31.2 Å². The molecule has 2 N–H and O–H groups in total. The topological polar surface area (TPSA) is 77.0 Å². The molecule has 0 saturated heterocycles. The number of hydrogen-bond donors (Lipinski definition) is 2. The highest BCUT2D eigenvalue weighted by Crippen LogP contribution is 2.28. The quantitative estimate of drug-likeness (QED) is 0.371. The number of hydrogen-bond acceptors (Lipinski definition) is 5. The van der Waals surface area contributed by atoms with E-state index in [9.17, 15) is 0 Å². The fourth-order valence-corrected chi connectivity index (χ4v) is 2.69. The molecule has 2 aromatic rings. The zero-order valence-corrected chi connectivity index (χ0v) is 17.1. The van der Waals surface area contributed by atoms with Crippen molar-refractivity contribution in [1.82, 2.24) is 15.6 Å². The van der Waals surface area contributed by atoms with Crippen LogP contribution in [0.1, 0.15) is 24.5 Å². The summed E-state index contributed by atoms with van der Waals surface area (Å²) in [6.07, 6.45) is 3.71. The van der Waals surface area contributed by atoms with Crippen molar-refractivity contribution in [2.24, 2.45) is 4.99 Å². The first-order valence-electron chi connectivity index (χ1n) is 9.43. The molecule has 7 nitrogen and oxygen atoms in total. The first-order valence-corrected chi connectivity index (χ1v) is 9.43. The fraction of sp³-hybridized carbons (Fsp3) is 0.429. The molecular weight excluding hydrogens is 356 g/mol. The fourth-order valence-electron chi connectivity index (χ4n) is 2.69. The molecule has 1 aromatic heterocycles. The lowest BCUT2D eigenvalue weighted by Crippen LogP contribution is -2.37. The van der Waals surface area contributed by atoms with Crippen LogP contribution in [-0.2, 0) is 13.0 Å². The van der Waals surface area contributed by atoms with Crippen LogP contribution < -0.4 is 24.8 Å². The highest BCUT2D eigenvalue weighted by Gasteiger charge is 2.05. The van der Waals surface area contributed by atoms with Crippen molar-refractivity contribution in [1.29, 1.82) is 0 Å². The van der Waals surface area contributed by atoms with E-state index in [-0.39, 0.29) is 0 Å². The van der Waals surface area contributed by atoms with Gasteiger partial charge in [0.1, 0.15) is 0 Å². The minimum Gasteiger partial charge on any atom is -0.493 e. The molecule has 2 rings (SSSR count). The number of benzene rings is 1. The molecule has 0 unspecified atom stereocenters. The van der Waals surface area contributed by atoms with Crippen molar-refractivity contribution >= 4 is 5.96 Å². The van der Waals surface area contributed by atoms with Crippen LogP contribution in [0.15, 0.2) is 41.5 Å². The third-order valence-corrected chi connectivity index (χ3v) is 4.15. The molecule has 0 atom stereocenters. The molecule has 7 heteroatoms. The Balaban J connectivity index is 1.75.